The first-order valence-corrected chi connectivity index (χ1v) is 8.61. The quantitative estimate of drug-likeness (QED) is 0.808. The minimum absolute atomic E-state index is 0.0971. The molecule has 0 aliphatic rings. The SMILES string of the molecule is CNc1cc(C)c(S(=O)(=O)NC(C)CCN(C)C)c(C)c1. The molecule has 0 saturated heterocycles. The summed E-state index contributed by atoms with van der Waals surface area (Å²) in [6, 6.07) is 3.61. The highest BCUT2D eigenvalue weighted by atomic mass is 32.2. The summed E-state index contributed by atoms with van der Waals surface area (Å²) in [4.78, 5) is 2.43. The Balaban J connectivity index is 2.98. The molecule has 2 N–H and O–H groups in total. The number of benzene rings is 1. The van der Waals surface area contributed by atoms with Crippen LogP contribution in [0.2, 0.25) is 0 Å². The molecule has 6 heteroatoms. The Kier molecular flexibility index (Phi) is 6.19. The third-order valence-corrected chi connectivity index (χ3v) is 5.28. The number of nitrogens with one attached hydrogen (secondary N) is 2. The number of sulfonamides is 1. The van der Waals surface area contributed by atoms with Crippen LogP contribution in [0, 0.1) is 13.8 Å². The van der Waals surface area contributed by atoms with Gasteiger partial charge >= 0.3 is 0 Å². The van der Waals surface area contributed by atoms with Gasteiger partial charge in [-0.15, -0.1) is 0 Å². The van der Waals surface area contributed by atoms with E-state index in [2.05, 4.69) is 10.0 Å². The molecule has 0 saturated carbocycles. The first-order valence-electron chi connectivity index (χ1n) is 7.13. The van der Waals surface area contributed by atoms with Gasteiger partial charge in [0.1, 0.15) is 0 Å². The van der Waals surface area contributed by atoms with E-state index in [1.165, 1.54) is 0 Å². The van der Waals surface area contributed by atoms with Gasteiger partial charge in [-0.05, 0) is 71.1 Å². The number of nitrogens with zero attached hydrogens (tertiary/aromatic N) is 1. The van der Waals surface area contributed by atoms with Crippen molar-refractivity contribution in [2.24, 2.45) is 0 Å². The molecular weight excluding hydrogens is 286 g/mol. The lowest BCUT2D eigenvalue weighted by atomic mass is 10.1. The maximum absolute atomic E-state index is 12.6. The van der Waals surface area contributed by atoms with E-state index in [0.29, 0.717) is 4.90 Å². The Hall–Kier alpha value is -1.11. The first-order chi connectivity index (χ1) is 9.67. The Bertz CT molecular complexity index is 560. The van der Waals surface area contributed by atoms with Crippen molar-refractivity contribution in [1.82, 2.24) is 9.62 Å². The summed E-state index contributed by atoms with van der Waals surface area (Å²) in [5, 5.41) is 3.04. The summed E-state index contributed by atoms with van der Waals surface area (Å²) in [5.74, 6) is 0. The van der Waals surface area contributed by atoms with E-state index < -0.39 is 10.0 Å². The van der Waals surface area contributed by atoms with E-state index in [4.69, 9.17) is 0 Å². The Morgan fingerprint density at radius 2 is 1.71 bits per heavy atom. The highest BCUT2D eigenvalue weighted by molar-refractivity contribution is 7.89. The number of aryl methyl sites for hydroxylation is 2. The minimum atomic E-state index is -3.49. The number of anilines is 1. The van der Waals surface area contributed by atoms with Crippen molar-refractivity contribution in [3.8, 4) is 0 Å². The second-order valence-corrected chi connectivity index (χ2v) is 7.45. The van der Waals surface area contributed by atoms with E-state index in [-0.39, 0.29) is 6.04 Å². The van der Waals surface area contributed by atoms with Crippen LogP contribution in [0.1, 0.15) is 24.5 Å². The van der Waals surface area contributed by atoms with Gasteiger partial charge in [-0.1, -0.05) is 0 Å². The summed E-state index contributed by atoms with van der Waals surface area (Å²) in [6.07, 6.45) is 0.777. The monoisotopic (exact) mass is 313 g/mol. The fraction of sp³-hybridized carbons (Fsp3) is 0.600. The van der Waals surface area contributed by atoms with Gasteiger partial charge in [-0.3, -0.25) is 0 Å². The second kappa shape index (κ2) is 7.24. The lowest BCUT2D eigenvalue weighted by Gasteiger charge is -2.19. The van der Waals surface area contributed by atoms with Crippen molar-refractivity contribution in [1.29, 1.82) is 0 Å². The van der Waals surface area contributed by atoms with Gasteiger partial charge in [-0.2, -0.15) is 0 Å². The molecule has 1 aromatic carbocycles. The summed E-state index contributed by atoms with van der Waals surface area (Å²) < 4.78 is 27.9. The van der Waals surface area contributed by atoms with Crippen molar-refractivity contribution in [2.75, 3.05) is 33.0 Å². The molecule has 0 heterocycles. The predicted molar refractivity (Wildman–Crippen MR) is 88.4 cm³/mol. The van der Waals surface area contributed by atoms with Crippen molar-refractivity contribution in [2.45, 2.75) is 38.1 Å². The lowest BCUT2D eigenvalue weighted by Crippen LogP contribution is -2.35. The highest BCUT2D eigenvalue weighted by Gasteiger charge is 2.22. The summed E-state index contributed by atoms with van der Waals surface area (Å²) in [7, 11) is 2.29. The molecule has 0 aromatic heterocycles. The Labute approximate surface area is 128 Å². The molecule has 120 valence electrons. The van der Waals surface area contributed by atoms with E-state index in [1.54, 1.807) is 0 Å². The first kappa shape index (κ1) is 17.9. The lowest BCUT2D eigenvalue weighted by molar-refractivity contribution is 0.379. The van der Waals surface area contributed by atoms with Crippen LogP contribution >= 0.6 is 0 Å². The number of rotatable bonds is 7. The fourth-order valence-corrected chi connectivity index (χ4v) is 4.08. The molecule has 1 atom stereocenters. The van der Waals surface area contributed by atoms with Crippen LogP contribution in [0.3, 0.4) is 0 Å². The average molecular weight is 313 g/mol. The van der Waals surface area contributed by atoms with Gasteiger partial charge in [0.15, 0.2) is 0 Å². The van der Waals surface area contributed by atoms with Crippen molar-refractivity contribution in [3.63, 3.8) is 0 Å². The number of hydrogen-bond acceptors (Lipinski definition) is 4. The van der Waals surface area contributed by atoms with Crippen molar-refractivity contribution in [3.05, 3.63) is 23.3 Å². The largest absolute Gasteiger partial charge is 0.388 e. The normalized spacial score (nSPS) is 13.5. The highest BCUT2D eigenvalue weighted by Crippen LogP contribution is 2.24. The van der Waals surface area contributed by atoms with Crippen LogP contribution < -0.4 is 10.0 Å². The predicted octanol–water partition coefficient (Wildman–Crippen LogP) is 1.96. The Morgan fingerprint density at radius 1 is 1.19 bits per heavy atom. The zero-order valence-corrected chi connectivity index (χ0v) is 14.6. The standard InChI is InChI=1S/C15H27N3O2S/c1-11-9-14(16-4)10-12(2)15(11)21(19,20)17-13(3)7-8-18(5)6/h9-10,13,16-17H,7-8H2,1-6H3. The van der Waals surface area contributed by atoms with Gasteiger partial charge in [0, 0.05) is 18.8 Å². The second-order valence-electron chi connectivity index (χ2n) is 5.80. The molecule has 0 fully saturated rings. The maximum Gasteiger partial charge on any atom is 0.241 e. The molecule has 1 aromatic rings. The van der Waals surface area contributed by atoms with Gasteiger partial charge < -0.3 is 10.2 Å². The molecule has 0 bridgehead atoms. The molecular formula is C15H27N3O2S. The molecule has 5 nitrogen and oxygen atoms in total. The van der Waals surface area contributed by atoms with Gasteiger partial charge in [0.05, 0.1) is 4.90 Å². The number of hydrogen-bond donors (Lipinski definition) is 2. The van der Waals surface area contributed by atoms with E-state index in [9.17, 15) is 8.42 Å². The van der Waals surface area contributed by atoms with E-state index in [1.807, 2.05) is 58.9 Å². The summed E-state index contributed by atoms with van der Waals surface area (Å²) in [5.41, 5.74) is 2.43. The topological polar surface area (TPSA) is 61.4 Å². The smallest absolute Gasteiger partial charge is 0.241 e. The van der Waals surface area contributed by atoms with Crippen LogP contribution in [0.5, 0.6) is 0 Å². The molecule has 0 spiro atoms. The van der Waals surface area contributed by atoms with Crippen LogP contribution in [-0.2, 0) is 10.0 Å². The zero-order chi connectivity index (χ0) is 16.2. The van der Waals surface area contributed by atoms with Crippen molar-refractivity contribution < 1.29 is 8.42 Å². The third kappa shape index (κ3) is 4.98. The average Bonchev–Trinajstić information content (AvgIpc) is 2.34. The zero-order valence-electron chi connectivity index (χ0n) is 13.8. The molecule has 1 rings (SSSR count). The van der Waals surface area contributed by atoms with E-state index >= 15 is 0 Å². The fourth-order valence-electron chi connectivity index (χ4n) is 2.35. The van der Waals surface area contributed by atoms with E-state index in [0.717, 1.165) is 29.8 Å². The minimum Gasteiger partial charge on any atom is -0.388 e. The van der Waals surface area contributed by atoms with Crippen LogP contribution in [0.15, 0.2) is 17.0 Å². The summed E-state index contributed by atoms with van der Waals surface area (Å²) in [6.45, 7) is 6.40. The van der Waals surface area contributed by atoms with Gasteiger partial charge in [0.25, 0.3) is 0 Å². The third-order valence-electron chi connectivity index (χ3n) is 3.38. The molecule has 0 amide bonds. The molecule has 0 aliphatic heterocycles. The van der Waals surface area contributed by atoms with Crippen LogP contribution in [-0.4, -0.2) is 47.0 Å². The van der Waals surface area contributed by atoms with Crippen molar-refractivity contribution >= 4 is 15.7 Å². The maximum atomic E-state index is 12.6. The molecule has 1 unspecified atom stereocenters. The molecule has 21 heavy (non-hydrogen) atoms. The van der Waals surface area contributed by atoms with Gasteiger partial charge in [0.2, 0.25) is 10.0 Å². The molecule has 0 aliphatic carbocycles. The Morgan fingerprint density at radius 3 is 2.14 bits per heavy atom. The summed E-state index contributed by atoms with van der Waals surface area (Å²) >= 11 is 0. The van der Waals surface area contributed by atoms with Gasteiger partial charge in [-0.25, -0.2) is 13.1 Å². The van der Waals surface area contributed by atoms with Crippen LogP contribution in [0.25, 0.3) is 0 Å². The van der Waals surface area contributed by atoms with Crippen LogP contribution in [0.4, 0.5) is 5.69 Å². The molecule has 0 radical (unpaired) electrons.